The van der Waals surface area contributed by atoms with Crippen molar-refractivity contribution >= 4 is 50.6 Å². The quantitative estimate of drug-likeness (QED) is 0.550. The lowest BCUT2D eigenvalue weighted by Crippen LogP contribution is -2.36. The van der Waals surface area contributed by atoms with Gasteiger partial charge in [-0.05, 0) is 49.4 Å². The lowest BCUT2D eigenvalue weighted by Gasteiger charge is -2.29. The lowest BCUT2D eigenvalue weighted by atomic mass is 9.97. The number of hydrogen-bond donors (Lipinski definition) is 2. The van der Waals surface area contributed by atoms with Gasteiger partial charge in [-0.15, -0.1) is 23.1 Å². The van der Waals surface area contributed by atoms with Crippen LogP contribution in [-0.4, -0.2) is 47.9 Å². The van der Waals surface area contributed by atoms with E-state index in [1.165, 1.54) is 28.3 Å². The van der Waals surface area contributed by atoms with E-state index in [9.17, 15) is 14.0 Å². The Balaban J connectivity index is 1.17. The molecule has 1 aliphatic carbocycles. The number of amides is 1. The molecule has 0 bridgehead atoms. The number of H-pyrrole nitrogens is 1. The van der Waals surface area contributed by atoms with Gasteiger partial charge < -0.3 is 19.9 Å². The van der Waals surface area contributed by atoms with Crippen LogP contribution in [-0.2, 0) is 28.1 Å². The Labute approximate surface area is 198 Å². The maximum Gasteiger partial charge on any atom is 0.259 e. The number of thioether (sulfide) groups is 1. The molecule has 0 saturated carbocycles. The molecule has 33 heavy (non-hydrogen) atoms. The molecule has 1 fully saturated rings. The summed E-state index contributed by atoms with van der Waals surface area (Å²) in [5.74, 6) is 0.579. The maximum absolute atomic E-state index is 14.5. The van der Waals surface area contributed by atoms with E-state index in [1.54, 1.807) is 23.5 Å². The summed E-state index contributed by atoms with van der Waals surface area (Å²) in [7, 11) is 0. The number of nitrogens with zero attached hydrogens (tertiary/aromatic N) is 2. The van der Waals surface area contributed by atoms with Crippen LogP contribution in [0.3, 0.4) is 0 Å². The van der Waals surface area contributed by atoms with Crippen LogP contribution in [0.2, 0.25) is 0 Å². The summed E-state index contributed by atoms with van der Waals surface area (Å²) in [4.78, 5) is 36.5. The van der Waals surface area contributed by atoms with E-state index < -0.39 is 0 Å². The number of fused-ring (bicyclic) bond motifs is 3. The Morgan fingerprint density at radius 1 is 1.27 bits per heavy atom. The van der Waals surface area contributed by atoms with E-state index in [2.05, 4.69) is 15.3 Å². The van der Waals surface area contributed by atoms with Crippen LogP contribution in [0.25, 0.3) is 10.2 Å². The summed E-state index contributed by atoms with van der Waals surface area (Å²) in [5, 5.41) is 3.48. The van der Waals surface area contributed by atoms with Crippen LogP contribution in [0.1, 0.15) is 29.1 Å². The molecule has 3 heterocycles. The molecule has 1 amide bonds. The maximum atomic E-state index is 14.5. The van der Waals surface area contributed by atoms with Gasteiger partial charge in [0.05, 0.1) is 35.8 Å². The molecule has 10 heteroatoms. The topological polar surface area (TPSA) is 87.3 Å². The van der Waals surface area contributed by atoms with E-state index in [1.807, 2.05) is 4.90 Å². The van der Waals surface area contributed by atoms with Crippen molar-refractivity contribution in [2.75, 3.05) is 42.3 Å². The van der Waals surface area contributed by atoms with Gasteiger partial charge in [0.2, 0.25) is 5.91 Å². The third kappa shape index (κ3) is 4.92. The molecule has 5 rings (SSSR count). The van der Waals surface area contributed by atoms with Crippen LogP contribution in [0.15, 0.2) is 23.0 Å². The van der Waals surface area contributed by atoms with Crippen LogP contribution in [0.4, 0.5) is 15.8 Å². The number of carbonyl (C=O) groups excluding carboxylic acids is 1. The number of morpholine rings is 1. The second kappa shape index (κ2) is 9.82. The first-order valence-electron chi connectivity index (χ1n) is 11.1. The zero-order chi connectivity index (χ0) is 22.8. The van der Waals surface area contributed by atoms with Crippen LogP contribution < -0.4 is 15.8 Å². The van der Waals surface area contributed by atoms with Crippen LogP contribution in [0, 0.1) is 5.82 Å². The highest BCUT2D eigenvalue weighted by atomic mass is 32.2. The molecule has 2 N–H and O–H groups in total. The summed E-state index contributed by atoms with van der Waals surface area (Å²) in [6.45, 7) is 2.46. The van der Waals surface area contributed by atoms with Crippen molar-refractivity contribution in [1.82, 2.24) is 9.97 Å². The molecule has 2 aliphatic rings. The Bertz CT molecular complexity index is 1240. The molecule has 0 unspecified atom stereocenters. The smallest absolute Gasteiger partial charge is 0.259 e. The van der Waals surface area contributed by atoms with Gasteiger partial charge in [0.15, 0.2) is 0 Å². The van der Waals surface area contributed by atoms with E-state index >= 15 is 0 Å². The molecule has 7 nitrogen and oxygen atoms in total. The van der Waals surface area contributed by atoms with Crippen LogP contribution >= 0.6 is 23.1 Å². The molecule has 0 atom stereocenters. The van der Waals surface area contributed by atoms with E-state index in [0.29, 0.717) is 49.3 Å². The average molecular weight is 489 g/mol. The highest BCUT2D eigenvalue weighted by Crippen LogP contribution is 2.33. The summed E-state index contributed by atoms with van der Waals surface area (Å²) in [6.07, 6.45) is 4.25. The molecule has 1 aliphatic heterocycles. The zero-order valence-corrected chi connectivity index (χ0v) is 19.7. The van der Waals surface area contributed by atoms with Gasteiger partial charge in [0.1, 0.15) is 16.5 Å². The minimum absolute atomic E-state index is 0.0877. The first kappa shape index (κ1) is 22.4. The first-order chi connectivity index (χ1) is 16.1. The predicted octanol–water partition coefficient (Wildman–Crippen LogP) is 3.71. The number of anilines is 2. The average Bonchev–Trinajstić information content (AvgIpc) is 3.18. The van der Waals surface area contributed by atoms with Gasteiger partial charge in [0, 0.05) is 23.7 Å². The third-order valence-electron chi connectivity index (χ3n) is 5.93. The number of aromatic nitrogens is 2. The summed E-state index contributed by atoms with van der Waals surface area (Å²) < 4.78 is 19.8. The number of hydrogen-bond acceptors (Lipinski definition) is 7. The highest BCUT2D eigenvalue weighted by Gasteiger charge is 2.20. The summed E-state index contributed by atoms with van der Waals surface area (Å²) >= 11 is 2.98. The molecular weight excluding hydrogens is 463 g/mol. The van der Waals surface area contributed by atoms with E-state index in [0.717, 1.165) is 35.9 Å². The van der Waals surface area contributed by atoms with Crippen molar-refractivity contribution in [3.05, 3.63) is 50.6 Å². The van der Waals surface area contributed by atoms with Gasteiger partial charge in [-0.2, -0.15) is 0 Å². The Hall–Kier alpha value is -2.43. The van der Waals surface area contributed by atoms with Gasteiger partial charge in [0.25, 0.3) is 5.56 Å². The summed E-state index contributed by atoms with van der Waals surface area (Å²) in [6, 6.07) is 4.74. The number of ether oxygens (including phenoxy) is 1. The number of aromatic amines is 1. The van der Waals surface area contributed by atoms with Crippen molar-refractivity contribution in [1.29, 1.82) is 0 Å². The van der Waals surface area contributed by atoms with Crippen molar-refractivity contribution in [2.24, 2.45) is 0 Å². The number of benzene rings is 1. The SMILES string of the molecule is O=C(CSCc1nc2sc3c(c2c(=O)[nH]1)CCCC3)Nc1ccc(N2CCOCC2)c(F)c1. The predicted molar refractivity (Wildman–Crippen MR) is 131 cm³/mol. The normalized spacial score (nSPS) is 16.1. The van der Waals surface area contributed by atoms with E-state index in [-0.39, 0.29) is 23.0 Å². The standard InChI is InChI=1S/C23H25FN4O3S2/c24-16-11-14(5-6-17(16)28-7-9-31-10-8-28)25-20(29)13-32-12-19-26-22(30)21-15-3-1-2-4-18(15)33-23(21)27-19/h5-6,11H,1-4,7-10,12-13H2,(H,25,29)(H,26,27,30). The minimum atomic E-state index is -0.365. The van der Waals surface area contributed by atoms with Crippen molar-refractivity contribution in [3.8, 4) is 0 Å². The molecule has 0 spiro atoms. The van der Waals surface area contributed by atoms with E-state index in [4.69, 9.17) is 4.74 Å². The lowest BCUT2D eigenvalue weighted by molar-refractivity contribution is -0.113. The molecule has 1 saturated heterocycles. The number of halogens is 1. The van der Waals surface area contributed by atoms with Crippen molar-refractivity contribution in [2.45, 2.75) is 31.4 Å². The number of thiophene rings is 1. The number of rotatable bonds is 6. The number of aryl methyl sites for hydroxylation is 2. The fraction of sp³-hybridized carbons (Fsp3) is 0.435. The molecule has 1 aromatic carbocycles. The molecule has 174 valence electrons. The molecule has 0 radical (unpaired) electrons. The van der Waals surface area contributed by atoms with Crippen molar-refractivity contribution in [3.63, 3.8) is 0 Å². The monoisotopic (exact) mass is 488 g/mol. The Morgan fingerprint density at radius 2 is 2.09 bits per heavy atom. The zero-order valence-electron chi connectivity index (χ0n) is 18.1. The third-order valence-corrected chi connectivity index (χ3v) is 8.06. The molecule has 3 aromatic rings. The highest BCUT2D eigenvalue weighted by molar-refractivity contribution is 7.99. The Kier molecular flexibility index (Phi) is 6.66. The second-order valence-electron chi connectivity index (χ2n) is 8.21. The molecule has 2 aromatic heterocycles. The van der Waals surface area contributed by atoms with Crippen LogP contribution in [0.5, 0.6) is 0 Å². The van der Waals surface area contributed by atoms with Gasteiger partial charge in [-0.25, -0.2) is 9.37 Å². The first-order valence-corrected chi connectivity index (χ1v) is 13.1. The van der Waals surface area contributed by atoms with Crippen molar-refractivity contribution < 1.29 is 13.9 Å². The van der Waals surface area contributed by atoms with Gasteiger partial charge in [-0.1, -0.05) is 0 Å². The van der Waals surface area contributed by atoms with Gasteiger partial charge in [-0.3, -0.25) is 9.59 Å². The molecular formula is C23H25FN4O3S2. The summed E-state index contributed by atoms with van der Waals surface area (Å²) in [5.41, 5.74) is 2.02. The van der Waals surface area contributed by atoms with Gasteiger partial charge >= 0.3 is 0 Å². The number of carbonyl (C=O) groups is 1. The largest absolute Gasteiger partial charge is 0.378 e. The minimum Gasteiger partial charge on any atom is -0.378 e. The second-order valence-corrected chi connectivity index (χ2v) is 10.3. The number of nitrogens with one attached hydrogen (secondary N) is 2. The fourth-order valence-corrected chi connectivity index (χ4v) is 6.33. The Morgan fingerprint density at radius 3 is 2.91 bits per heavy atom. The fourth-order valence-electron chi connectivity index (χ4n) is 4.36.